The lowest BCUT2D eigenvalue weighted by Gasteiger charge is -2.29. The van der Waals surface area contributed by atoms with E-state index in [0.717, 1.165) is 32.1 Å². The summed E-state index contributed by atoms with van der Waals surface area (Å²) in [5.41, 5.74) is 0. The van der Waals surface area contributed by atoms with Gasteiger partial charge in [0.15, 0.2) is 0 Å². The van der Waals surface area contributed by atoms with Gasteiger partial charge in [0.05, 0.1) is 12.8 Å². The number of carboxylic acid groups (broad SMARTS) is 2. The van der Waals surface area contributed by atoms with Crippen molar-refractivity contribution in [2.75, 3.05) is 0 Å². The average molecular weight is 1050 g/mol. The number of esters is 1. The highest BCUT2D eigenvalue weighted by molar-refractivity contribution is 5.98. The van der Waals surface area contributed by atoms with Crippen LogP contribution in [0, 0.1) is 29.6 Å². The van der Waals surface area contributed by atoms with Gasteiger partial charge in [-0.15, -0.1) is 0 Å². The molecule has 0 aromatic carbocycles. The third-order valence-electron chi connectivity index (χ3n) is 12.7. The van der Waals surface area contributed by atoms with Crippen LogP contribution < -0.4 is 37.2 Å². The Morgan fingerprint density at radius 1 is 0.459 bits per heavy atom. The summed E-state index contributed by atoms with van der Waals surface area (Å²) in [5.74, 6) is -10.8. The van der Waals surface area contributed by atoms with Gasteiger partial charge in [-0.2, -0.15) is 0 Å². The molecule has 0 aromatic heterocycles. The number of cyclic esters (lactones) is 1. The molecule has 1 fully saturated rings. The second-order valence-corrected chi connectivity index (χ2v) is 22.3. The van der Waals surface area contributed by atoms with Crippen LogP contribution in [0.2, 0.25) is 0 Å². The van der Waals surface area contributed by atoms with Crippen molar-refractivity contribution in [1.29, 1.82) is 0 Å². The quantitative estimate of drug-likeness (QED) is 0.0378. The zero-order valence-corrected chi connectivity index (χ0v) is 46.5. The second-order valence-electron chi connectivity index (χ2n) is 22.3. The van der Waals surface area contributed by atoms with Crippen molar-refractivity contribution < 1.29 is 62.9 Å². The van der Waals surface area contributed by atoms with E-state index < -0.39 is 133 Å². The third-order valence-corrected chi connectivity index (χ3v) is 12.7. The van der Waals surface area contributed by atoms with Gasteiger partial charge in [-0.25, -0.2) is 4.79 Å². The van der Waals surface area contributed by atoms with Crippen LogP contribution in [0.15, 0.2) is 0 Å². The van der Waals surface area contributed by atoms with E-state index in [1.165, 1.54) is 32.1 Å². The fourth-order valence-corrected chi connectivity index (χ4v) is 8.78. The first kappa shape index (κ1) is 66.7. The maximum Gasteiger partial charge on any atom is 0.329 e. The summed E-state index contributed by atoms with van der Waals surface area (Å²) in [5, 5.41) is 38.0. The van der Waals surface area contributed by atoms with E-state index in [1.807, 2.05) is 13.8 Å². The molecule has 0 aliphatic carbocycles. The molecular weight excluding hydrogens is 955 g/mol. The summed E-state index contributed by atoms with van der Waals surface area (Å²) >= 11 is 0. The Labute approximate surface area is 440 Å². The molecule has 20 heteroatoms. The van der Waals surface area contributed by atoms with E-state index in [-0.39, 0.29) is 62.2 Å². The van der Waals surface area contributed by atoms with Crippen LogP contribution in [0.3, 0.4) is 0 Å². The SMILES string of the molecule is CCCCCCCCCCCCC[C@@H]1CC(=O)N[C@@H](CCC(=O)O)C(=O)N[C@H](CC(C)C)C(=O)N[C@H](CC(C)C)C(=O)N[C@H](CC(C)C)C(=O)N[C@@H](CC(=O)O)C(=O)N[C@@H](CC(C)C)C(=O)N[C@@H](C(C)C)C(=O)O1. The molecule has 1 heterocycles. The number of hydrogen-bond acceptors (Lipinski definition) is 11. The van der Waals surface area contributed by atoms with Crippen molar-refractivity contribution in [1.82, 2.24) is 37.2 Å². The standard InChI is InChI=1S/C54H95N7O13/c1-12-13-14-15-16-17-18-19-20-21-22-23-37-30-44(62)55-38(24-25-45(63)64)48(67)56-39(26-32(2)3)49(68)57-40(27-33(4)5)50(69)58-41(28-34(6)7)51(70)60-43(31-46(65)66)52(71)59-42(29-35(8)9)53(72)61-47(36(10)11)54(73)74-37/h32-43,47H,12-31H2,1-11H3,(H,55,62)(H,56,67)(H,57,68)(H,58,69)(H,59,71)(H,60,70)(H,61,72)(H,63,64)(H,65,66)/t37-,38+,39-,40-,41-,42+,43+,47+/m1/s1. The summed E-state index contributed by atoms with van der Waals surface area (Å²) in [6.45, 7) is 19.9. The first-order chi connectivity index (χ1) is 34.7. The smallest absolute Gasteiger partial charge is 0.329 e. The molecule has 1 rings (SSSR count). The molecule has 8 atom stereocenters. The average Bonchev–Trinajstić information content (AvgIpc) is 3.28. The van der Waals surface area contributed by atoms with E-state index in [1.54, 1.807) is 55.4 Å². The zero-order chi connectivity index (χ0) is 56.1. The van der Waals surface area contributed by atoms with E-state index in [9.17, 15) is 58.2 Å². The van der Waals surface area contributed by atoms with E-state index in [2.05, 4.69) is 44.1 Å². The molecule has 0 spiro atoms. The summed E-state index contributed by atoms with van der Waals surface area (Å²) < 4.78 is 6.02. The second kappa shape index (κ2) is 35.8. The Bertz CT molecular complexity index is 1810. The first-order valence-electron chi connectivity index (χ1n) is 27.5. The molecule has 1 aliphatic rings. The van der Waals surface area contributed by atoms with Crippen molar-refractivity contribution in [3.8, 4) is 0 Å². The summed E-state index contributed by atoms with van der Waals surface area (Å²) in [6, 6.07) is -9.63. The number of rotatable bonds is 26. The Balaban J connectivity index is 3.91. The molecule has 1 aliphatic heterocycles. The highest BCUT2D eigenvalue weighted by Crippen LogP contribution is 2.19. The van der Waals surface area contributed by atoms with Crippen molar-refractivity contribution >= 4 is 59.3 Å². The minimum atomic E-state index is -1.72. The number of carboxylic acids is 2. The summed E-state index contributed by atoms with van der Waals surface area (Å²) in [6.07, 6.45) is 8.75. The lowest BCUT2D eigenvalue weighted by molar-refractivity contribution is -0.156. The monoisotopic (exact) mass is 1050 g/mol. The Morgan fingerprint density at radius 2 is 0.811 bits per heavy atom. The van der Waals surface area contributed by atoms with Gasteiger partial charge in [0.25, 0.3) is 0 Å². The molecule has 424 valence electrons. The summed E-state index contributed by atoms with van der Waals surface area (Å²) in [7, 11) is 0. The number of ether oxygens (including phenoxy) is 1. The predicted molar refractivity (Wildman–Crippen MR) is 281 cm³/mol. The molecule has 9 N–H and O–H groups in total. The van der Waals surface area contributed by atoms with Crippen LogP contribution >= 0.6 is 0 Å². The number of carbonyl (C=O) groups excluding carboxylic acids is 8. The van der Waals surface area contributed by atoms with E-state index in [4.69, 9.17) is 4.74 Å². The lowest BCUT2D eigenvalue weighted by Crippen LogP contribution is -2.60. The molecule has 7 amide bonds. The van der Waals surface area contributed by atoms with Crippen molar-refractivity contribution in [3.63, 3.8) is 0 Å². The maximum absolute atomic E-state index is 14.2. The van der Waals surface area contributed by atoms with Gasteiger partial charge < -0.3 is 52.2 Å². The molecule has 0 unspecified atom stereocenters. The number of amides is 7. The van der Waals surface area contributed by atoms with Gasteiger partial charge in [0.2, 0.25) is 41.4 Å². The zero-order valence-electron chi connectivity index (χ0n) is 46.5. The molecule has 0 saturated carbocycles. The Kier molecular flexibility index (Phi) is 32.3. The van der Waals surface area contributed by atoms with Crippen LogP contribution in [0.5, 0.6) is 0 Å². The topological polar surface area (TPSA) is 305 Å². The molecular formula is C54H95N7O13. The Hall–Kier alpha value is -5.30. The Morgan fingerprint density at radius 3 is 1.18 bits per heavy atom. The predicted octanol–water partition coefficient (Wildman–Crippen LogP) is 5.58. The van der Waals surface area contributed by atoms with Crippen LogP contribution in [-0.4, -0.2) is 118 Å². The van der Waals surface area contributed by atoms with Gasteiger partial charge >= 0.3 is 17.9 Å². The van der Waals surface area contributed by atoms with E-state index in [0.29, 0.717) is 6.42 Å². The fourth-order valence-electron chi connectivity index (χ4n) is 8.78. The minimum absolute atomic E-state index is 0.0298. The number of unbranched alkanes of at least 4 members (excludes halogenated alkanes) is 10. The third kappa shape index (κ3) is 28.4. The molecule has 1 saturated heterocycles. The molecule has 20 nitrogen and oxygen atoms in total. The van der Waals surface area contributed by atoms with E-state index >= 15 is 0 Å². The van der Waals surface area contributed by atoms with Gasteiger partial charge in [-0.05, 0) is 74.5 Å². The molecule has 0 radical (unpaired) electrons. The number of aliphatic carboxylic acids is 2. The maximum atomic E-state index is 14.2. The summed E-state index contributed by atoms with van der Waals surface area (Å²) in [4.78, 5) is 137. The van der Waals surface area contributed by atoms with Crippen LogP contribution in [0.4, 0.5) is 0 Å². The van der Waals surface area contributed by atoms with Gasteiger partial charge in [-0.3, -0.25) is 43.2 Å². The van der Waals surface area contributed by atoms with Crippen molar-refractivity contribution in [2.24, 2.45) is 29.6 Å². The van der Waals surface area contributed by atoms with Crippen molar-refractivity contribution in [3.05, 3.63) is 0 Å². The molecule has 0 bridgehead atoms. The number of hydrogen-bond donors (Lipinski definition) is 9. The molecule has 74 heavy (non-hydrogen) atoms. The largest absolute Gasteiger partial charge is 0.481 e. The van der Waals surface area contributed by atoms with Gasteiger partial charge in [0.1, 0.15) is 48.4 Å². The normalized spacial score (nSPS) is 23.8. The van der Waals surface area contributed by atoms with Gasteiger partial charge in [0, 0.05) is 6.42 Å². The number of carbonyl (C=O) groups is 10. The lowest BCUT2D eigenvalue weighted by atomic mass is 9.98. The highest BCUT2D eigenvalue weighted by atomic mass is 16.5. The van der Waals surface area contributed by atoms with Gasteiger partial charge in [-0.1, -0.05) is 140 Å². The fraction of sp³-hybridized carbons (Fsp3) is 0.815. The first-order valence-corrected chi connectivity index (χ1v) is 27.5. The van der Waals surface area contributed by atoms with Crippen LogP contribution in [0.1, 0.15) is 205 Å². The minimum Gasteiger partial charge on any atom is -0.481 e. The van der Waals surface area contributed by atoms with Crippen LogP contribution in [-0.2, 0) is 52.7 Å². The highest BCUT2D eigenvalue weighted by Gasteiger charge is 2.37. The number of nitrogens with one attached hydrogen (secondary N) is 7. The molecule has 0 aromatic rings. The van der Waals surface area contributed by atoms with Crippen molar-refractivity contribution in [2.45, 2.75) is 253 Å². The van der Waals surface area contributed by atoms with Crippen LogP contribution in [0.25, 0.3) is 0 Å².